The molecule has 1 aliphatic heterocycles. The lowest BCUT2D eigenvalue weighted by atomic mass is 10.0. The molecule has 1 N–H and O–H groups in total. The first-order valence-corrected chi connectivity index (χ1v) is 10.5. The number of carbonyl (C=O) groups is 2. The molecule has 0 saturated carbocycles. The predicted octanol–water partition coefficient (Wildman–Crippen LogP) is 4.64. The lowest BCUT2D eigenvalue weighted by Gasteiger charge is -2.15. The number of pyridine rings is 1. The van der Waals surface area contributed by atoms with Crippen molar-refractivity contribution < 1.29 is 14.3 Å². The monoisotopic (exact) mass is 435 g/mol. The molecule has 0 fully saturated rings. The van der Waals surface area contributed by atoms with E-state index in [4.69, 9.17) is 4.74 Å². The molecular weight excluding hydrogens is 414 g/mol. The third-order valence-corrected chi connectivity index (χ3v) is 5.66. The van der Waals surface area contributed by atoms with Crippen LogP contribution in [-0.4, -0.2) is 28.8 Å². The molecule has 1 aliphatic rings. The Balaban J connectivity index is 1.59. The van der Waals surface area contributed by atoms with Crippen LogP contribution in [0.1, 0.15) is 11.1 Å². The van der Waals surface area contributed by atoms with E-state index in [9.17, 15) is 9.59 Å². The van der Waals surface area contributed by atoms with Crippen LogP contribution in [0.4, 0.5) is 5.69 Å². The lowest BCUT2D eigenvalue weighted by Crippen LogP contribution is -2.32. The van der Waals surface area contributed by atoms with Gasteiger partial charge in [-0.3, -0.25) is 19.5 Å². The second-order valence-electron chi connectivity index (χ2n) is 7.69. The minimum absolute atomic E-state index is 0.145. The maximum atomic E-state index is 13.5. The molecule has 2 amide bonds. The number of hydrogen-bond donors (Lipinski definition) is 1. The van der Waals surface area contributed by atoms with Crippen LogP contribution in [0.15, 0.2) is 97.0 Å². The highest BCUT2D eigenvalue weighted by Crippen LogP contribution is 2.34. The van der Waals surface area contributed by atoms with Crippen molar-refractivity contribution in [3.8, 4) is 5.75 Å². The number of imide groups is 1. The van der Waals surface area contributed by atoms with Crippen molar-refractivity contribution in [3.63, 3.8) is 0 Å². The molecule has 6 nitrogen and oxygen atoms in total. The van der Waals surface area contributed by atoms with Gasteiger partial charge in [-0.15, -0.1) is 0 Å². The molecular formula is C27H21N3O3. The molecule has 0 aliphatic carbocycles. The summed E-state index contributed by atoms with van der Waals surface area (Å²) in [7, 11) is 1.58. The van der Waals surface area contributed by atoms with Gasteiger partial charge < -0.3 is 10.1 Å². The molecule has 3 aromatic carbocycles. The summed E-state index contributed by atoms with van der Waals surface area (Å²) in [5.41, 5.74) is 2.77. The molecule has 33 heavy (non-hydrogen) atoms. The minimum Gasteiger partial charge on any atom is -0.497 e. The Kier molecular flexibility index (Phi) is 5.32. The van der Waals surface area contributed by atoms with Crippen LogP contribution in [-0.2, 0) is 16.1 Å². The molecule has 0 bridgehead atoms. The first kappa shape index (κ1) is 20.5. The van der Waals surface area contributed by atoms with Gasteiger partial charge in [0, 0.05) is 23.5 Å². The third kappa shape index (κ3) is 3.83. The average Bonchev–Trinajstić information content (AvgIpc) is 3.09. The maximum Gasteiger partial charge on any atom is 0.278 e. The quantitative estimate of drug-likeness (QED) is 0.447. The molecule has 5 rings (SSSR count). The van der Waals surface area contributed by atoms with Gasteiger partial charge in [0.25, 0.3) is 11.8 Å². The zero-order chi connectivity index (χ0) is 22.8. The Morgan fingerprint density at radius 3 is 2.42 bits per heavy atom. The Labute approximate surface area is 191 Å². The summed E-state index contributed by atoms with van der Waals surface area (Å²) in [6.45, 7) is 0.145. The SMILES string of the molecule is COc1ccc(C2=C(Nc3cccc4ccccc34)C(=O)N(Cc3cccnc3)C2=O)cc1. The molecule has 0 unspecified atom stereocenters. The molecule has 0 atom stereocenters. The molecule has 0 saturated heterocycles. The second-order valence-corrected chi connectivity index (χ2v) is 7.69. The normalized spacial score (nSPS) is 13.7. The lowest BCUT2D eigenvalue weighted by molar-refractivity contribution is -0.137. The van der Waals surface area contributed by atoms with Crippen LogP contribution in [0.25, 0.3) is 16.3 Å². The summed E-state index contributed by atoms with van der Waals surface area (Å²) in [6, 6.07) is 24.5. The standard InChI is InChI=1S/C27H21N3O3/c1-33-21-13-11-20(12-14-21)24-25(29-23-10-4-8-19-7-2-3-9-22(19)23)27(32)30(26(24)31)17-18-6-5-15-28-16-18/h2-16,29H,17H2,1H3. The molecule has 2 heterocycles. The molecule has 4 aromatic rings. The van der Waals surface area contributed by atoms with E-state index < -0.39 is 0 Å². The van der Waals surface area contributed by atoms with Gasteiger partial charge in [-0.1, -0.05) is 54.6 Å². The highest BCUT2D eigenvalue weighted by Gasteiger charge is 2.39. The van der Waals surface area contributed by atoms with Crippen molar-refractivity contribution in [3.05, 3.63) is 108 Å². The Bertz CT molecular complexity index is 1370. The van der Waals surface area contributed by atoms with Gasteiger partial charge in [-0.2, -0.15) is 0 Å². The van der Waals surface area contributed by atoms with E-state index >= 15 is 0 Å². The van der Waals surface area contributed by atoms with Crippen molar-refractivity contribution >= 4 is 33.8 Å². The van der Waals surface area contributed by atoms with Crippen LogP contribution in [0.2, 0.25) is 0 Å². The fourth-order valence-electron chi connectivity index (χ4n) is 4.00. The van der Waals surface area contributed by atoms with Gasteiger partial charge in [0.2, 0.25) is 0 Å². The van der Waals surface area contributed by atoms with E-state index in [1.807, 2.05) is 48.5 Å². The van der Waals surface area contributed by atoms with E-state index in [0.717, 1.165) is 22.0 Å². The topological polar surface area (TPSA) is 71.5 Å². The Morgan fingerprint density at radius 2 is 1.67 bits per heavy atom. The third-order valence-electron chi connectivity index (χ3n) is 5.66. The number of benzene rings is 3. The van der Waals surface area contributed by atoms with Crippen molar-refractivity contribution in [1.29, 1.82) is 0 Å². The van der Waals surface area contributed by atoms with E-state index in [-0.39, 0.29) is 24.1 Å². The van der Waals surface area contributed by atoms with Gasteiger partial charge in [-0.05, 0) is 40.8 Å². The summed E-state index contributed by atoms with van der Waals surface area (Å²) >= 11 is 0. The van der Waals surface area contributed by atoms with Gasteiger partial charge in [0.05, 0.1) is 19.2 Å². The molecule has 6 heteroatoms. The maximum absolute atomic E-state index is 13.5. The first-order valence-electron chi connectivity index (χ1n) is 10.5. The predicted molar refractivity (Wildman–Crippen MR) is 127 cm³/mol. The highest BCUT2D eigenvalue weighted by atomic mass is 16.5. The number of aromatic nitrogens is 1. The van der Waals surface area contributed by atoms with E-state index in [1.165, 1.54) is 4.90 Å². The van der Waals surface area contributed by atoms with Gasteiger partial charge in [0.15, 0.2) is 0 Å². The van der Waals surface area contributed by atoms with Gasteiger partial charge in [-0.25, -0.2) is 0 Å². The average molecular weight is 435 g/mol. The number of anilines is 1. The first-order chi connectivity index (χ1) is 16.2. The number of carbonyl (C=O) groups excluding carboxylic acids is 2. The summed E-state index contributed by atoms with van der Waals surface area (Å²) < 4.78 is 5.25. The van der Waals surface area contributed by atoms with Crippen LogP contribution in [0, 0.1) is 0 Å². The fraction of sp³-hybridized carbons (Fsp3) is 0.0741. The van der Waals surface area contributed by atoms with Crippen molar-refractivity contribution in [2.24, 2.45) is 0 Å². The number of rotatable bonds is 6. The van der Waals surface area contributed by atoms with E-state index in [0.29, 0.717) is 16.9 Å². The van der Waals surface area contributed by atoms with Crippen LogP contribution in [0.3, 0.4) is 0 Å². The Hall–Kier alpha value is -4.45. The van der Waals surface area contributed by atoms with Crippen LogP contribution < -0.4 is 10.1 Å². The number of fused-ring (bicyclic) bond motifs is 1. The zero-order valence-corrected chi connectivity index (χ0v) is 18.0. The van der Waals surface area contributed by atoms with Crippen molar-refractivity contribution in [2.45, 2.75) is 6.54 Å². The summed E-state index contributed by atoms with van der Waals surface area (Å²) in [5.74, 6) is -0.0498. The number of nitrogens with zero attached hydrogens (tertiary/aromatic N) is 2. The summed E-state index contributed by atoms with van der Waals surface area (Å²) in [5, 5.41) is 5.28. The smallest absolute Gasteiger partial charge is 0.278 e. The number of ether oxygens (including phenoxy) is 1. The van der Waals surface area contributed by atoms with Crippen LogP contribution in [0.5, 0.6) is 5.75 Å². The van der Waals surface area contributed by atoms with Gasteiger partial charge in [0.1, 0.15) is 11.4 Å². The summed E-state index contributed by atoms with van der Waals surface area (Å²) in [6.07, 6.45) is 3.31. The molecule has 162 valence electrons. The van der Waals surface area contributed by atoms with E-state index in [1.54, 1.807) is 49.8 Å². The highest BCUT2D eigenvalue weighted by molar-refractivity contribution is 6.36. The van der Waals surface area contributed by atoms with Crippen LogP contribution >= 0.6 is 0 Å². The number of methoxy groups -OCH3 is 1. The Morgan fingerprint density at radius 1 is 0.879 bits per heavy atom. The second kappa shape index (κ2) is 8.59. The summed E-state index contributed by atoms with van der Waals surface area (Å²) in [4.78, 5) is 32.4. The molecule has 1 aromatic heterocycles. The van der Waals surface area contributed by atoms with Crippen molar-refractivity contribution in [2.75, 3.05) is 12.4 Å². The molecule has 0 radical (unpaired) electrons. The fourth-order valence-corrected chi connectivity index (χ4v) is 4.00. The number of nitrogens with one attached hydrogen (secondary N) is 1. The number of hydrogen-bond acceptors (Lipinski definition) is 5. The van der Waals surface area contributed by atoms with Gasteiger partial charge >= 0.3 is 0 Å². The largest absolute Gasteiger partial charge is 0.497 e. The minimum atomic E-state index is -0.373. The van der Waals surface area contributed by atoms with Crippen molar-refractivity contribution in [1.82, 2.24) is 9.88 Å². The molecule has 0 spiro atoms. The number of amides is 2. The zero-order valence-electron chi connectivity index (χ0n) is 18.0. The van der Waals surface area contributed by atoms with E-state index in [2.05, 4.69) is 10.3 Å².